The van der Waals surface area contributed by atoms with Gasteiger partial charge < -0.3 is 0 Å². The second-order valence-electron chi connectivity index (χ2n) is 8.24. The van der Waals surface area contributed by atoms with Gasteiger partial charge in [-0.05, 0) is 61.4 Å². The first-order valence-corrected chi connectivity index (χ1v) is 11.0. The highest BCUT2D eigenvalue weighted by molar-refractivity contribution is 6.25. The summed E-state index contributed by atoms with van der Waals surface area (Å²) < 4.78 is 4.65. The molecular weight excluding hydrogens is 392 g/mol. The van der Waals surface area contributed by atoms with E-state index in [0.29, 0.717) is 0 Å². The van der Waals surface area contributed by atoms with Gasteiger partial charge in [-0.2, -0.15) is 0 Å². The van der Waals surface area contributed by atoms with Gasteiger partial charge >= 0.3 is 0 Å². The van der Waals surface area contributed by atoms with Crippen LogP contribution < -0.4 is 0 Å². The zero-order chi connectivity index (χ0) is 21.1. The third-order valence-corrected chi connectivity index (χ3v) is 6.47. The summed E-state index contributed by atoms with van der Waals surface area (Å²) in [5, 5.41) is 4.80. The first kappa shape index (κ1) is 17.5. The Labute approximate surface area is 184 Å². The minimum Gasteiger partial charge on any atom is -0.297 e. The minimum absolute atomic E-state index is 0.975. The summed E-state index contributed by atoms with van der Waals surface area (Å²) in [6.07, 6.45) is 12.4. The van der Waals surface area contributed by atoms with Crippen molar-refractivity contribution in [1.29, 1.82) is 0 Å². The standard InChI is InChI=1S/C28H20N4/c1-3-9-19(10-4-1)31-24-16-15-21-22-13-7-17-29-27(22)32(20-11-5-2-6-12-20)26(21)25(24)23-14-8-18-30-28(23)31/h1-5,7-11,13-18H,6,12H2. The van der Waals surface area contributed by atoms with Crippen molar-refractivity contribution < 1.29 is 0 Å². The quantitative estimate of drug-likeness (QED) is 0.311. The van der Waals surface area contributed by atoms with Gasteiger partial charge in [-0.1, -0.05) is 36.4 Å². The Morgan fingerprint density at radius 3 is 2.25 bits per heavy atom. The second kappa shape index (κ2) is 6.66. The Balaban J connectivity index is 1.75. The van der Waals surface area contributed by atoms with Crippen LogP contribution in [-0.2, 0) is 0 Å². The lowest BCUT2D eigenvalue weighted by Gasteiger charge is -2.14. The maximum atomic E-state index is 4.82. The monoisotopic (exact) mass is 412 g/mol. The van der Waals surface area contributed by atoms with Gasteiger partial charge in [-0.3, -0.25) is 9.13 Å². The molecule has 0 aliphatic heterocycles. The molecule has 0 radical (unpaired) electrons. The second-order valence-corrected chi connectivity index (χ2v) is 8.24. The van der Waals surface area contributed by atoms with Crippen molar-refractivity contribution in [1.82, 2.24) is 19.1 Å². The topological polar surface area (TPSA) is 35.6 Å². The molecule has 1 aliphatic rings. The lowest BCUT2D eigenvalue weighted by molar-refractivity contribution is 0.973. The van der Waals surface area contributed by atoms with E-state index >= 15 is 0 Å². The molecule has 0 fully saturated rings. The highest BCUT2D eigenvalue weighted by Gasteiger charge is 2.22. The number of nitrogens with zero attached hydrogens (tertiary/aromatic N) is 4. The van der Waals surface area contributed by atoms with Crippen LogP contribution in [0.25, 0.3) is 55.3 Å². The van der Waals surface area contributed by atoms with Crippen molar-refractivity contribution in [2.45, 2.75) is 12.8 Å². The van der Waals surface area contributed by atoms with E-state index in [9.17, 15) is 0 Å². The van der Waals surface area contributed by atoms with E-state index in [1.54, 1.807) is 0 Å². The van der Waals surface area contributed by atoms with Crippen molar-refractivity contribution >= 4 is 49.6 Å². The molecule has 0 atom stereocenters. The number of hydrogen-bond acceptors (Lipinski definition) is 2. The van der Waals surface area contributed by atoms with Crippen LogP contribution in [0, 0.1) is 0 Å². The van der Waals surface area contributed by atoms with Crippen molar-refractivity contribution in [3.63, 3.8) is 0 Å². The summed E-state index contributed by atoms with van der Waals surface area (Å²) in [5.74, 6) is 0. The molecule has 6 aromatic rings. The summed E-state index contributed by atoms with van der Waals surface area (Å²) in [4.78, 5) is 9.63. The molecule has 152 valence electrons. The van der Waals surface area contributed by atoms with Crippen LogP contribution in [0.4, 0.5) is 0 Å². The molecule has 4 heteroatoms. The number of fused-ring (bicyclic) bond motifs is 7. The van der Waals surface area contributed by atoms with Gasteiger partial charge in [0.2, 0.25) is 0 Å². The van der Waals surface area contributed by atoms with E-state index in [2.05, 4.69) is 82.0 Å². The highest BCUT2D eigenvalue weighted by atomic mass is 15.1. The molecule has 1 aliphatic carbocycles. The van der Waals surface area contributed by atoms with Gasteiger partial charge in [-0.15, -0.1) is 0 Å². The lowest BCUT2D eigenvalue weighted by Crippen LogP contribution is -2.00. The molecule has 7 rings (SSSR count). The van der Waals surface area contributed by atoms with E-state index in [1.165, 1.54) is 27.4 Å². The van der Waals surface area contributed by atoms with Gasteiger partial charge in [0.1, 0.15) is 11.3 Å². The van der Waals surface area contributed by atoms with Crippen molar-refractivity contribution in [2.24, 2.45) is 0 Å². The SMILES string of the molecule is C1=CCCC(n2c3ncccc3c3ccc4c(c5cccnc5n4-c4ccccc4)c32)=C1. The number of para-hydroxylation sites is 1. The van der Waals surface area contributed by atoms with Gasteiger partial charge in [0.25, 0.3) is 0 Å². The largest absolute Gasteiger partial charge is 0.297 e. The Morgan fingerprint density at radius 2 is 1.47 bits per heavy atom. The van der Waals surface area contributed by atoms with Crippen LogP contribution in [0.1, 0.15) is 12.8 Å². The maximum Gasteiger partial charge on any atom is 0.145 e. The van der Waals surface area contributed by atoms with E-state index in [0.717, 1.165) is 40.7 Å². The third kappa shape index (κ3) is 2.32. The molecule has 0 saturated heterocycles. The first-order valence-electron chi connectivity index (χ1n) is 11.0. The molecule has 0 bridgehead atoms. The zero-order valence-electron chi connectivity index (χ0n) is 17.4. The minimum atomic E-state index is 0.975. The summed E-state index contributed by atoms with van der Waals surface area (Å²) in [5.41, 5.74) is 6.76. The molecule has 4 nitrogen and oxygen atoms in total. The predicted octanol–water partition coefficient (Wildman–Crippen LogP) is 6.87. The average molecular weight is 412 g/mol. The lowest BCUT2D eigenvalue weighted by atomic mass is 10.1. The predicted molar refractivity (Wildman–Crippen MR) is 132 cm³/mol. The normalized spacial score (nSPS) is 14.1. The molecule has 0 amide bonds. The summed E-state index contributed by atoms with van der Waals surface area (Å²) in [6.45, 7) is 0. The summed E-state index contributed by atoms with van der Waals surface area (Å²) in [7, 11) is 0. The molecule has 0 saturated carbocycles. The number of rotatable bonds is 2. The van der Waals surface area contributed by atoms with Gasteiger partial charge in [0.05, 0.1) is 11.0 Å². The molecule has 0 unspecified atom stereocenters. The van der Waals surface area contributed by atoms with E-state index in [-0.39, 0.29) is 0 Å². The molecule has 4 aromatic heterocycles. The third-order valence-electron chi connectivity index (χ3n) is 6.47. The van der Waals surface area contributed by atoms with E-state index in [1.807, 2.05) is 24.5 Å². The number of hydrogen-bond donors (Lipinski definition) is 0. The fourth-order valence-electron chi connectivity index (χ4n) is 5.15. The first-order chi connectivity index (χ1) is 15.9. The number of benzene rings is 2. The van der Waals surface area contributed by atoms with Crippen molar-refractivity contribution in [2.75, 3.05) is 0 Å². The Hall–Kier alpha value is -4.18. The van der Waals surface area contributed by atoms with Gasteiger partial charge in [0, 0.05) is 45.3 Å². The molecule has 4 heterocycles. The van der Waals surface area contributed by atoms with E-state index in [4.69, 9.17) is 9.97 Å². The summed E-state index contributed by atoms with van der Waals surface area (Å²) >= 11 is 0. The van der Waals surface area contributed by atoms with E-state index < -0.39 is 0 Å². The number of allylic oxidation sites excluding steroid dienone is 4. The fourth-order valence-corrected chi connectivity index (χ4v) is 5.15. The molecule has 32 heavy (non-hydrogen) atoms. The molecular formula is C28H20N4. The maximum absolute atomic E-state index is 4.82. The smallest absolute Gasteiger partial charge is 0.145 e. The molecule has 0 N–H and O–H groups in total. The zero-order valence-corrected chi connectivity index (χ0v) is 17.4. The fraction of sp³-hybridized carbons (Fsp3) is 0.0714. The Kier molecular flexibility index (Phi) is 3.64. The van der Waals surface area contributed by atoms with Crippen LogP contribution in [-0.4, -0.2) is 19.1 Å². The van der Waals surface area contributed by atoms with Gasteiger partial charge in [0.15, 0.2) is 0 Å². The number of pyridine rings is 2. The van der Waals surface area contributed by atoms with Crippen LogP contribution in [0.5, 0.6) is 0 Å². The number of aromatic nitrogens is 4. The van der Waals surface area contributed by atoms with Crippen LogP contribution in [0.3, 0.4) is 0 Å². The highest BCUT2D eigenvalue weighted by Crippen LogP contribution is 2.41. The van der Waals surface area contributed by atoms with Crippen molar-refractivity contribution in [3.8, 4) is 5.69 Å². The molecule has 2 aromatic carbocycles. The van der Waals surface area contributed by atoms with Crippen molar-refractivity contribution in [3.05, 3.63) is 97.4 Å². The molecule has 0 spiro atoms. The average Bonchev–Trinajstić information content (AvgIpc) is 3.38. The Morgan fingerprint density at radius 1 is 0.688 bits per heavy atom. The summed E-state index contributed by atoms with van der Waals surface area (Å²) in [6, 6.07) is 23.4. The van der Waals surface area contributed by atoms with Crippen LogP contribution in [0.15, 0.2) is 97.4 Å². The van der Waals surface area contributed by atoms with Crippen LogP contribution in [0.2, 0.25) is 0 Å². The Bertz CT molecular complexity index is 1710. The van der Waals surface area contributed by atoms with Crippen LogP contribution >= 0.6 is 0 Å². The van der Waals surface area contributed by atoms with Gasteiger partial charge in [-0.25, -0.2) is 9.97 Å².